The topological polar surface area (TPSA) is 53.7 Å². The lowest BCUT2D eigenvalue weighted by molar-refractivity contribution is 0.0452. The molecule has 0 amide bonds. The minimum Gasteiger partial charge on any atom is -0.496 e. The van der Waals surface area contributed by atoms with E-state index in [1.54, 1.807) is 7.11 Å². The van der Waals surface area contributed by atoms with Crippen LogP contribution < -0.4 is 10.5 Å². The van der Waals surface area contributed by atoms with E-state index in [0.717, 1.165) is 23.5 Å². The zero-order valence-corrected chi connectivity index (χ0v) is 10.6. The summed E-state index contributed by atoms with van der Waals surface area (Å²) in [5, 5.41) is 0. The Hall–Kier alpha value is -1.10. The van der Waals surface area contributed by atoms with Gasteiger partial charge >= 0.3 is 0 Å². The van der Waals surface area contributed by atoms with E-state index in [1.165, 1.54) is 0 Å². The number of ether oxygens (including phenoxy) is 3. The fourth-order valence-electron chi connectivity index (χ4n) is 1.50. The Bertz CT molecular complexity index is 328. The fourth-order valence-corrected chi connectivity index (χ4v) is 1.50. The molecule has 0 heterocycles. The highest BCUT2D eigenvalue weighted by Crippen LogP contribution is 2.20. The largest absolute Gasteiger partial charge is 0.496 e. The molecule has 1 aromatic carbocycles. The van der Waals surface area contributed by atoms with E-state index in [1.807, 2.05) is 25.1 Å². The number of rotatable bonds is 8. The highest BCUT2D eigenvalue weighted by atomic mass is 16.5. The molecule has 0 fully saturated rings. The van der Waals surface area contributed by atoms with Crippen molar-refractivity contribution in [2.75, 3.05) is 26.9 Å². The van der Waals surface area contributed by atoms with Crippen molar-refractivity contribution in [2.24, 2.45) is 5.73 Å². The zero-order valence-electron chi connectivity index (χ0n) is 10.6. The minimum atomic E-state index is 0.481. The highest BCUT2D eigenvalue weighted by Gasteiger charge is 2.02. The van der Waals surface area contributed by atoms with E-state index in [-0.39, 0.29) is 0 Å². The molecule has 0 aliphatic heterocycles. The summed E-state index contributed by atoms with van der Waals surface area (Å²) in [7, 11) is 1.65. The van der Waals surface area contributed by atoms with Crippen molar-refractivity contribution < 1.29 is 14.2 Å². The first-order valence-electron chi connectivity index (χ1n) is 5.83. The molecule has 0 atom stereocenters. The summed E-state index contributed by atoms with van der Waals surface area (Å²) in [5.41, 5.74) is 7.69. The van der Waals surface area contributed by atoms with Gasteiger partial charge in [0.15, 0.2) is 0 Å². The van der Waals surface area contributed by atoms with Gasteiger partial charge in [-0.15, -0.1) is 0 Å². The van der Waals surface area contributed by atoms with Gasteiger partial charge in [0.25, 0.3) is 0 Å². The monoisotopic (exact) mass is 239 g/mol. The van der Waals surface area contributed by atoms with Crippen LogP contribution in [-0.4, -0.2) is 26.9 Å². The maximum atomic E-state index is 5.60. The Morgan fingerprint density at radius 3 is 2.59 bits per heavy atom. The molecule has 0 aliphatic carbocycles. The number of nitrogens with two attached hydrogens (primary N) is 1. The van der Waals surface area contributed by atoms with Crippen LogP contribution in [0.3, 0.4) is 0 Å². The molecule has 4 heteroatoms. The number of benzene rings is 1. The first kappa shape index (κ1) is 14.0. The van der Waals surface area contributed by atoms with Gasteiger partial charge in [-0.05, 0) is 18.6 Å². The molecule has 0 spiro atoms. The molecule has 0 saturated heterocycles. The van der Waals surface area contributed by atoms with Crippen molar-refractivity contribution >= 4 is 0 Å². The van der Waals surface area contributed by atoms with Crippen LogP contribution >= 0.6 is 0 Å². The Labute approximate surface area is 103 Å². The van der Waals surface area contributed by atoms with Gasteiger partial charge in [0.1, 0.15) is 5.75 Å². The summed E-state index contributed by atoms with van der Waals surface area (Å²) >= 11 is 0. The molecule has 2 N–H and O–H groups in total. The molecule has 1 aromatic rings. The molecule has 0 unspecified atom stereocenters. The quantitative estimate of drug-likeness (QED) is 0.702. The first-order valence-corrected chi connectivity index (χ1v) is 5.83. The average Bonchev–Trinajstić information content (AvgIpc) is 2.38. The van der Waals surface area contributed by atoms with Gasteiger partial charge in [-0.1, -0.05) is 12.1 Å². The van der Waals surface area contributed by atoms with Gasteiger partial charge in [-0.3, -0.25) is 0 Å². The minimum absolute atomic E-state index is 0.481. The second-order valence-electron chi connectivity index (χ2n) is 3.60. The van der Waals surface area contributed by atoms with Gasteiger partial charge in [-0.25, -0.2) is 0 Å². The lowest BCUT2D eigenvalue weighted by Crippen LogP contribution is -2.05. The smallest absolute Gasteiger partial charge is 0.123 e. The Balaban J connectivity index is 2.43. The molecule has 96 valence electrons. The summed E-state index contributed by atoms with van der Waals surface area (Å²) in [5.74, 6) is 0.818. The van der Waals surface area contributed by atoms with Crippen molar-refractivity contribution in [3.05, 3.63) is 29.3 Å². The summed E-state index contributed by atoms with van der Waals surface area (Å²) in [6.07, 6.45) is 0. The van der Waals surface area contributed by atoms with E-state index < -0.39 is 0 Å². The maximum Gasteiger partial charge on any atom is 0.123 e. The fraction of sp³-hybridized carbons (Fsp3) is 0.538. The third-order valence-electron chi connectivity index (χ3n) is 2.42. The average molecular weight is 239 g/mol. The summed E-state index contributed by atoms with van der Waals surface area (Å²) < 4.78 is 15.9. The second-order valence-corrected chi connectivity index (χ2v) is 3.60. The summed E-state index contributed by atoms with van der Waals surface area (Å²) in [6, 6.07) is 5.94. The summed E-state index contributed by atoms with van der Waals surface area (Å²) in [4.78, 5) is 0. The van der Waals surface area contributed by atoms with Crippen molar-refractivity contribution in [3.63, 3.8) is 0 Å². The maximum absolute atomic E-state index is 5.60. The lowest BCUT2D eigenvalue weighted by atomic mass is 10.1. The van der Waals surface area contributed by atoms with Crippen LogP contribution in [0, 0.1) is 0 Å². The molecule has 0 radical (unpaired) electrons. The van der Waals surface area contributed by atoms with Crippen LogP contribution in [0.5, 0.6) is 5.75 Å². The van der Waals surface area contributed by atoms with Crippen molar-refractivity contribution in [3.8, 4) is 5.75 Å². The van der Waals surface area contributed by atoms with E-state index in [4.69, 9.17) is 19.9 Å². The van der Waals surface area contributed by atoms with E-state index in [2.05, 4.69) is 0 Å². The number of hydrogen-bond donors (Lipinski definition) is 1. The molecule has 17 heavy (non-hydrogen) atoms. The molecular weight excluding hydrogens is 218 g/mol. The summed E-state index contributed by atoms with van der Waals surface area (Å²) in [6.45, 7) is 4.98. The van der Waals surface area contributed by atoms with Gasteiger partial charge in [0.2, 0.25) is 0 Å². The van der Waals surface area contributed by atoms with Gasteiger partial charge < -0.3 is 19.9 Å². The SMILES string of the molecule is CCOCCOCc1ccc(CN)c(OC)c1. The Morgan fingerprint density at radius 2 is 1.94 bits per heavy atom. The molecule has 4 nitrogen and oxygen atoms in total. The zero-order chi connectivity index (χ0) is 12.5. The molecule has 0 bridgehead atoms. The van der Waals surface area contributed by atoms with E-state index >= 15 is 0 Å². The van der Waals surface area contributed by atoms with Gasteiger partial charge in [0, 0.05) is 18.7 Å². The van der Waals surface area contributed by atoms with E-state index in [9.17, 15) is 0 Å². The number of methoxy groups -OCH3 is 1. The van der Waals surface area contributed by atoms with Crippen LogP contribution in [0.25, 0.3) is 0 Å². The van der Waals surface area contributed by atoms with E-state index in [0.29, 0.717) is 26.4 Å². The molecular formula is C13H21NO3. The third-order valence-corrected chi connectivity index (χ3v) is 2.42. The van der Waals surface area contributed by atoms with Crippen LogP contribution in [0.4, 0.5) is 0 Å². The molecule has 0 aromatic heterocycles. The highest BCUT2D eigenvalue weighted by molar-refractivity contribution is 5.37. The van der Waals surface area contributed by atoms with Crippen molar-refractivity contribution in [2.45, 2.75) is 20.1 Å². The first-order chi connectivity index (χ1) is 8.31. The van der Waals surface area contributed by atoms with Crippen molar-refractivity contribution in [1.82, 2.24) is 0 Å². The predicted molar refractivity (Wildman–Crippen MR) is 67.0 cm³/mol. The standard InChI is InChI=1S/C13H21NO3/c1-3-16-6-7-17-10-11-4-5-12(9-14)13(8-11)15-2/h4-5,8H,3,6-7,9-10,14H2,1-2H3. The number of hydrogen-bond acceptors (Lipinski definition) is 4. The van der Waals surface area contributed by atoms with Gasteiger partial charge in [0.05, 0.1) is 26.9 Å². The van der Waals surface area contributed by atoms with Crippen molar-refractivity contribution in [1.29, 1.82) is 0 Å². The molecule has 0 aliphatic rings. The third kappa shape index (κ3) is 4.73. The molecule has 0 saturated carbocycles. The van der Waals surface area contributed by atoms with Crippen LogP contribution in [-0.2, 0) is 22.6 Å². The Morgan fingerprint density at radius 1 is 1.18 bits per heavy atom. The normalized spacial score (nSPS) is 10.5. The van der Waals surface area contributed by atoms with Gasteiger partial charge in [-0.2, -0.15) is 0 Å². The predicted octanol–water partition coefficient (Wildman–Crippen LogP) is 1.71. The van der Waals surface area contributed by atoms with Crippen LogP contribution in [0.2, 0.25) is 0 Å². The Kier molecular flexibility index (Phi) is 6.62. The second kappa shape index (κ2) is 8.06. The molecule has 1 rings (SSSR count). The van der Waals surface area contributed by atoms with Crippen LogP contribution in [0.1, 0.15) is 18.1 Å². The lowest BCUT2D eigenvalue weighted by Gasteiger charge is -2.09. The van der Waals surface area contributed by atoms with Crippen LogP contribution in [0.15, 0.2) is 18.2 Å².